The molecule has 0 radical (unpaired) electrons. The van der Waals surface area contributed by atoms with Crippen LogP contribution in [0.25, 0.3) is 0 Å². The fourth-order valence-corrected chi connectivity index (χ4v) is 1.39. The number of ether oxygens (including phenoxy) is 1. The van der Waals surface area contributed by atoms with E-state index < -0.39 is 0 Å². The molecule has 0 unspecified atom stereocenters. The van der Waals surface area contributed by atoms with Crippen molar-refractivity contribution in [3.63, 3.8) is 0 Å². The summed E-state index contributed by atoms with van der Waals surface area (Å²) in [6, 6.07) is 6.22. The minimum Gasteiger partial charge on any atom is -0.495 e. The molecule has 1 rings (SSSR count). The van der Waals surface area contributed by atoms with Gasteiger partial charge in [0.05, 0.1) is 12.8 Å². The van der Waals surface area contributed by atoms with E-state index in [9.17, 15) is 0 Å². The molecule has 0 saturated carbocycles. The van der Waals surface area contributed by atoms with Crippen LogP contribution in [0.4, 0.5) is 5.69 Å². The predicted molar refractivity (Wildman–Crippen MR) is 61.2 cm³/mol. The molecule has 0 aliphatic carbocycles. The topological polar surface area (TPSA) is 12.5 Å². The minimum absolute atomic E-state index is 0.879. The minimum atomic E-state index is 0.879. The van der Waals surface area contributed by atoms with E-state index in [1.165, 1.54) is 5.56 Å². The van der Waals surface area contributed by atoms with Crippen molar-refractivity contribution in [1.29, 1.82) is 0 Å². The molecule has 1 aromatic rings. The molecule has 14 heavy (non-hydrogen) atoms. The first-order valence-corrected chi connectivity index (χ1v) is 4.64. The Morgan fingerprint density at radius 2 is 2.14 bits per heavy atom. The Bertz CT molecular complexity index is 318. The smallest absolute Gasteiger partial charge is 0.142 e. The number of rotatable bonds is 4. The predicted octanol–water partition coefficient (Wildman–Crippen LogP) is 2.49. The second-order valence-electron chi connectivity index (χ2n) is 3.39. The number of anilines is 1. The van der Waals surface area contributed by atoms with Crippen LogP contribution in [0, 0.1) is 0 Å². The number of methoxy groups -OCH3 is 1. The average molecular weight is 191 g/mol. The quantitative estimate of drug-likeness (QED) is 0.678. The lowest BCUT2D eigenvalue weighted by Gasteiger charge is -2.17. The zero-order valence-corrected chi connectivity index (χ0v) is 9.08. The molecule has 0 N–H and O–H groups in total. The third-order valence-corrected chi connectivity index (χ3v) is 2.11. The fourth-order valence-electron chi connectivity index (χ4n) is 1.39. The highest BCUT2D eigenvalue weighted by molar-refractivity contribution is 5.59. The summed E-state index contributed by atoms with van der Waals surface area (Å²) >= 11 is 0. The largest absolute Gasteiger partial charge is 0.495 e. The zero-order chi connectivity index (χ0) is 10.6. The summed E-state index contributed by atoms with van der Waals surface area (Å²) in [6.07, 6.45) is 2.77. The molecule has 0 fully saturated rings. The van der Waals surface area contributed by atoms with Crippen molar-refractivity contribution in [2.24, 2.45) is 0 Å². The maximum atomic E-state index is 5.32. The molecule has 0 aliphatic heterocycles. The first-order valence-electron chi connectivity index (χ1n) is 4.64. The highest BCUT2D eigenvalue weighted by atomic mass is 16.5. The van der Waals surface area contributed by atoms with E-state index in [4.69, 9.17) is 4.74 Å². The zero-order valence-electron chi connectivity index (χ0n) is 9.08. The van der Waals surface area contributed by atoms with Crippen molar-refractivity contribution < 1.29 is 4.74 Å². The SMILES string of the molecule is C=CCc1ccc(N(C)C)c(OC)c1. The lowest BCUT2D eigenvalue weighted by Crippen LogP contribution is -2.10. The summed E-state index contributed by atoms with van der Waals surface area (Å²) in [5.41, 5.74) is 2.32. The van der Waals surface area contributed by atoms with Crippen LogP contribution >= 0.6 is 0 Å². The number of allylic oxidation sites excluding steroid dienone is 1. The van der Waals surface area contributed by atoms with Crippen molar-refractivity contribution in [3.05, 3.63) is 36.4 Å². The number of hydrogen-bond donors (Lipinski definition) is 0. The lowest BCUT2D eigenvalue weighted by molar-refractivity contribution is 0.415. The van der Waals surface area contributed by atoms with E-state index in [-0.39, 0.29) is 0 Å². The van der Waals surface area contributed by atoms with Crippen molar-refractivity contribution in [2.45, 2.75) is 6.42 Å². The molecule has 0 spiro atoms. The summed E-state index contributed by atoms with van der Waals surface area (Å²) in [5, 5.41) is 0. The first kappa shape index (κ1) is 10.6. The molecule has 0 aromatic heterocycles. The van der Waals surface area contributed by atoms with Crippen LogP contribution in [0.3, 0.4) is 0 Å². The molecule has 2 nitrogen and oxygen atoms in total. The van der Waals surface area contributed by atoms with E-state index in [1.807, 2.05) is 25.1 Å². The Morgan fingerprint density at radius 3 is 2.64 bits per heavy atom. The van der Waals surface area contributed by atoms with Crippen LogP contribution in [0.2, 0.25) is 0 Å². The first-order chi connectivity index (χ1) is 6.69. The molecule has 0 bridgehead atoms. The summed E-state index contributed by atoms with van der Waals surface area (Å²) < 4.78 is 5.32. The molecule has 2 heteroatoms. The van der Waals surface area contributed by atoms with Gasteiger partial charge in [0.1, 0.15) is 5.75 Å². The van der Waals surface area contributed by atoms with Gasteiger partial charge in [0.25, 0.3) is 0 Å². The Kier molecular flexibility index (Phi) is 3.57. The fraction of sp³-hybridized carbons (Fsp3) is 0.333. The maximum Gasteiger partial charge on any atom is 0.142 e. The van der Waals surface area contributed by atoms with E-state index in [0.29, 0.717) is 0 Å². The van der Waals surface area contributed by atoms with Crippen LogP contribution in [-0.2, 0) is 6.42 Å². The summed E-state index contributed by atoms with van der Waals surface area (Å²) in [4.78, 5) is 2.04. The van der Waals surface area contributed by atoms with E-state index in [1.54, 1.807) is 7.11 Å². The average Bonchev–Trinajstić information content (AvgIpc) is 2.17. The third-order valence-electron chi connectivity index (χ3n) is 2.11. The van der Waals surface area contributed by atoms with Gasteiger partial charge in [-0.25, -0.2) is 0 Å². The van der Waals surface area contributed by atoms with Gasteiger partial charge in [-0.05, 0) is 24.1 Å². The van der Waals surface area contributed by atoms with Gasteiger partial charge in [-0.2, -0.15) is 0 Å². The number of nitrogens with zero attached hydrogens (tertiary/aromatic N) is 1. The Hall–Kier alpha value is -1.44. The van der Waals surface area contributed by atoms with Crippen molar-refractivity contribution in [2.75, 3.05) is 26.1 Å². The Labute approximate surface area is 85.8 Å². The van der Waals surface area contributed by atoms with Gasteiger partial charge in [-0.3, -0.25) is 0 Å². The molecule has 0 heterocycles. The van der Waals surface area contributed by atoms with Crippen LogP contribution in [0.5, 0.6) is 5.75 Å². The summed E-state index contributed by atoms with van der Waals surface area (Å²) in [7, 11) is 5.70. The summed E-state index contributed by atoms with van der Waals surface area (Å²) in [6.45, 7) is 3.72. The molecule has 76 valence electrons. The highest BCUT2D eigenvalue weighted by Gasteiger charge is 2.04. The molecular formula is C12H17NO. The number of benzene rings is 1. The molecule has 0 saturated heterocycles. The van der Waals surface area contributed by atoms with E-state index in [2.05, 4.69) is 24.8 Å². The monoisotopic (exact) mass is 191 g/mol. The van der Waals surface area contributed by atoms with Gasteiger partial charge in [-0.15, -0.1) is 6.58 Å². The van der Waals surface area contributed by atoms with Crippen LogP contribution in [0.15, 0.2) is 30.9 Å². The molecule has 0 amide bonds. The molecule has 0 atom stereocenters. The molecule has 1 aromatic carbocycles. The maximum absolute atomic E-state index is 5.32. The number of hydrogen-bond acceptors (Lipinski definition) is 2. The Balaban J connectivity index is 3.04. The normalized spacial score (nSPS) is 9.64. The van der Waals surface area contributed by atoms with Crippen molar-refractivity contribution in [1.82, 2.24) is 0 Å². The molecule has 0 aliphatic rings. The lowest BCUT2D eigenvalue weighted by atomic mass is 10.1. The van der Waals surface area contributed by atoms with Gasteiger partial charge < -0.3 is 9.64 Å². The van der Waals surface area contributed by atoms with Crippen molar-refractivity contribution >= 4 is 5.69 Å². The van der Waals surface area contributed by atoms with Crippen LogP contribution in [0.1, 0.15) is 5.56 Å². The van der Waals surface area contributed by atoms with Crippen LogP contribution < -0.4 is 9.64 Å². The Morgan fingerprint density at radius 1 is 1.43 bits per heavy atom. The highest BCUT2D eigenvalue weighted by Crippen LogP contribution is 2.27. The van der Waals surface area contributed by atoms with E-state index in [0.717, 1.165) is 17.9 Å². The van der Waals surface area contributed by atoms with Crippen LogP contribution in [-0.4, -0.2) is 21.2 Å². The van der Waals surface area contributed by atoms with Gasteiger partial charge in [0, 0.05) is 14.1 Å². The second kappa shape index (κ2) is 4.70. The summed E-state index contributed by atoms with van der Waals surface area (Å²) in [5.74, 6) is 0.911. The van der Waals surface area contributed by atoms with Gasteiger partial charge in [0.15, 0.2) is 0 Å². The third kappa shape index (κ3) is 2.28. The van der Waals surface area contributed by atoms with Crippen molar-refractivity contribution in [3.8, 4) is 5.75 Å². The molecular weight excluding hydrogens is 174 g/mol. The van der Waals surface area contributed by atoms with Gasteiger partial charge >= 0.3 is 0 Å². The van der Waals surface area contributed by atoms with Gasteiger partial charge in [-0.1, -0.05) is 12.1 Å². The van der Waals surface area contributed by atoms with E-state index >= 15 is 0 Å². The van der Waals surface area contributed by atoms with Gasteiger partial charge in [0.2, 0.25) is 0 Å². The second-order valence-corrected chi connectivity index (χ2v) is 3.39. The standard InChI is InChI=1S/C12H17NO/c1-5-6-10-7-8-11(13(2)3)12(9-10)14-4/h5,7-9H,1,6H2,2-4H3.